The molecule has 1 saturated heterocycles. The van der Waals surface area contributed by atoms with Gasteiger partial charge in [0.1, 0.15) is 5.75 Å². The summed E-state index contributed by atoms with van der Waals surface area (Å²) in [6.45, 7) is 14.0. The number of aromatic nitrogens is 1. The van der Waals surface area contributed by atoms with Crippen LogP contribution in [0.5, 0.6) is 11.5 Å². The molecule has 4 rings (SSSR count). The van der Waals surface area contributed by atoms with E-state index < -0.39 is 4.92 Å². The number of benzene rings is 2. The largest absolute Gasteiger partial charge is 0.489 e. The Labute approximate surface area is 233 Å². The van der Waals surface area contributed by atoms with Crippen LogP contribution in [0.25, 0.3) is 11.1 Å². The highest BCUT2D eigenvalue weighted by atomic mass is 16.6. The molecular formula is C31H44N4O4. The van der Waals surface area contributed by atoms with E-state index in [1.165, 1.54) is 24.0 Å². The monoisotopic (exact) mass is 536 g/mol. The second-order valence-electron chi connectivity index (χ2n) is 10.2. The number of hydrogen-bond donors (Lipinski definition) is 2. The number of ether oxygens (including phenoxy) is 2. The third kappa shape index (κ3) is 8.68. The predicted molar refractivity (Wildman–Crippen MR) is 160 cm³/mol. The van der Waals surface area contributed by atoms with Gasteiger partial charge in [0.05, 0.1) is 22.8 Å². The van der Waals surface area contributed by atoms with Gasteiger partial charge in [0.25, 0.3) is 0 Å². The molecule has 1 aliphatic rings. The van der Waals surface area contributed by atoms with Gasteiger partial charge in [-0.05, 0) is 132 Å². The highest BCUT2D eigenvalue weighted by molar-refractivity contribution is 5.72. The van der Waals surface area contributed by atoms with Crippen molar-refractivity contribution in [2.45, 2.75) is 79.9 Å². The van der Waals surface area contributed by atoms with E-state index in [2.05, 4.69) is 29.4 Å². The van der Waals surface area contributed by atoms with Crippen molar-refractivity contribution in [3.8, 4) is 22.6 Å². The first-order chi connectivity index (χ1) is 18.1. The number of piperidine rings is 1. The molecule has 8 heteroatoms. The summed E-state index contributed by atoms with van der Waals surface area (Å²) in [7, 11) is 0. The summed E-state index contributed by atoms with van der Waals surface area (Å²) in [4.78, 5) is 14.7. The first-order valence-corrected chi connectivity index (χ1v) is 13.2. The zero-order chi connectivity index (χ0) is 27.8. The number of hydrogen-bond acceptors (Lipinski definition) is 7. The van der Waals surface area contributed by atoms with E-state index in [1.54, 1.807) is 24.5 Å². The maximum absolute atomic E-state index is 11.1. The van der Waals surface area contributed by atoms with Crippen molar-refractivity contribution < 1.29 is 14.4 Å². The summed E-state index contributed by atoms with van der Waals surface area (Å²) in [5.41, 5.74) is 12.2. The number of pyridine rings is 1. The Morgan fingerprint density at radius 2 is 1.54 bits per heavy atom. The molecule has 2 heterocycles. The molecule has 0 spiro atoms. The Bertz CT molecular complexity index is 1220. The minimum Gasteiger partial charge on any atom is -0.489 e. The molecule has 3 N–H and O–H groups in total. The van der Waals surface area contributed by atoms with E-state index in [0.29, 0.717) is 11.7 Å². The second-order valence-corrected chi connectivity index (χ2v) is 10.2. The van der Waals surface area contributed by atoms with Crippen LogP contribution in [0.3, 0.4) is 0 Å². The van der Waals surface area contributed by atoms with Crippen LogP contribution in [0.1, 0.15) is 70.6 Å². The summed E-state index contributed by atoms with van der Waals surface area (Å²) in [5.74, 6) is 1.77. The molecule has 39 heavy (non-hydrogen) atoms. The van der Waals surface area contributed by atoms with Crippen LogP contribution in [0.2, 0.25) is 0 Å². The number of rotatable bonds is 7. The van der Waals surface area contributed by atoms with Gasteiger partial charge < -0.3 is 20.5 Å². The topological polar surface area (TPSA) is 113 Å². The lowest BCUT2D eigenvalue weighted by atomic mass is 9.87. The number of nitrogens with two attached hydrogens (primary N) is 1. The number of aryl methyl sites for hydroxylation is 2. The summed E-state index contributed by atoms with van der Waals surface area (Å²) in [6, 6.07) is 11.2. The van der Waals surface area contributed by atoms with Crippen LogP contribution in [-0.4, -0.2) is 35.2 Å². The van der Waals surface area contributed by atoms with Crippen molar-refractivity contribution in [3.05, 3.63) is 75.6 Å². The molecule has 1 aliphatic heterocycles. The molecule has 0 radical (unpaired) electrons. The molecule has 212 valence electrons. The summed E-state index contributed by atoms with van der Waals surface area (Å²) in [6.07, 6.45) is 5.83. The molecule has 2 aromatic carbocycles. The Morgan fingerprint density at radius 1 is 0.949 bits per heavy atom. The van der Waals surface area contributed by atoms with Gasteiger partial charge in [-0.25, -0.2) is 0 Å². The molecule has 0 bridgehead atoms. The number of nitrogens with one attached hydrogen (secondary N) is 1. The van der Waals surface area contributed by atoms with E-state index in [9.17, 15) is 10.1 Å². The fourth-order valence-electron chi connectivity index (χ4n) is 4.66. The minimum atomic E-state index is -0.416. The van der Waals surface area contributed by atoms with Gasteiger partial charge in [0.2, 0.25) is 0 Å². The lowest BCUT2D eigenvalue weighted by molar-refractivity contribution is -0.386. The van der Waals surface area contributed by atoms with Crippen LogP contribution in [0, 0.1) is 24.0 Å². The molecule has 3 aromatic rings. The lowest BCUT2D eigenvalue weighted by Crippen LogP contribution is -2.27. The van der Waals surface area contributed by atoms with Crippen LogP contribution in [-0.2, 0) is 0 Å². The maximum atomic E-state index is 11.1. The first-order valence-electron chi connectivity index (χ1n) is 13.2. The molecular weight excluding hydrogens is 492 g/mol. The molecule has 1 fully saturated rings. The Kier molecular flexibility index (Phi) is 11.7. The van der Waals surface area contributed by atoms with Gasteiger partial charge in [0.15, 0.2) is 5.75 Å². The number of nitro groups is 1. The number of nitrogen functional groups attached to an aromatic ring is 1. The Morgan fingerprint density at radius 3 is 2.10 bits per heavy atom. The summed E-state index contributed by atoms with van der Waals surface area (Å²) >= 11 is 0. The number of nitrogens with zero attached hydrogens (tertiary/aromatic N) is 2. The predicted octanol–water partition coefficient (Wildman–Crippen LogP) is 7.22. The molecule has 1 aromatic heterocycles. The fraction of sp³-hybridized carbons (Fsp3) is 0.452. The SMILES string of the molecule is C.Cc1cc(N)c(OC(C)C)cc1C1CCNCC1.Cc1cc([N+](=O)[O-])c(OC(C)C)cc1-c1ccncc1. The quantitative estimate of drug-likeness (QED) is 0.186. The standard InChI is InChI=1S/C15H16N2O3.C15H24N2O.CH4/c1-10(2)20-15-9-13(12-4-6-16-7-5-12)11(3)8-14(15)17(18)19;1-10(2)18-15-9-13(11(3)8-14(15)16)12-4-6-17-7-5-12;/h4-10H,1-3H3;8-10,12,17H,4-7,16H2,1-3H3;1H4. The molecule has 0 amide bonds. The summed E-state index contributed by atoms with van der Waals surface area (Å²) in [5, 5.41) is 14.5. The zero-order valence-corrected chi connectivity index (χ0v) is 23.3. The maximum Gasteiger partial charge on any atom is 0.311 e. The van der Waals surface area contributed by atoms with Crippen molar-refractivity contribution in [2.24, 2.45) is 0 Å². The van der Waals surface area contributed by atoms with E-state index >= 15 is 0 Å². The Hall–Kier alpha value is -3.65. The molecule has 0 unspecified atom stereocenters. The van der Waals surface area contributed by atoms with Crippen molar-refractivity contribution in [1.82, 2.24) is 10.3 Å². The summed E-state index contributed by atoms with van der Waals surface area (Å²) < 4.78 is 11.4. The zero-order valence-electron chi connectivity index (χ0n) is 23.3. The van der Waals surface area contributed by atoms with Gasteiger partial charge >= 0.3 is 5.69 Å². The molecule has 8 nitrogen and oxygen atoms in total. The number of nitro benzene ring substituents is 1. The van der Waals surface area contributed by atoms with Gasteiger partial charge in [-0.3, -0.25) is 15.1 Å². The molecule has 0 saturated carbocycles. The van der Waals surface area contributed by atoms with E-state index in [-0.39, 0.29) is 25.3 Å². The van der Waals surface area contributed by atoms with Gasteiger partial charge in [-0.1, -0.05) is 7.43 Å². The van der Waals surface area contributed by atoms with Gasteiger partial charge in [-0.15, -0.1) is 0 Å². The molecule has 0 atom stereocenters. The highest BCUT2D eigenvalue weighted by Gasteiger charge is 2.20. The Balaban J connectivity index is 0.000000268. The minimum absolute atomic E-state index is 0. The van der Waals surface area contributed by atoms with Crippen molar-refractivity contribution >= 4 is 11.4 Å². The van der Waals surface area contributed by atoms with Gasteiger partial charge in [-0.2, -0.15) is 0 Å². The lowest BCUT2D eigenvalue weighted by Gasteiger charge is -2.25. The van der Waals surface area contributed by atoms with Gasteiger partial charge in [0, 0.05) is 18.5 Å². The molecule has 0 aliphatic carbocycles. The van der Waals surface area contributed by atoms with Crippen LogP contribution in [0.4, 0.5) is 11.4 Å². The van der Waals surface area contributed by atoms with E-state index in [1.807, 2.05) is 46.8 Å². The van der Waals surface area contributed by atoms with E-state index in [0.717, 1.165) is 41.2 Å². The van der Waals surface area contributed by atoms with Crippen molar-refractivity contribution in [2.75, 3.05) is 18.8 Å². The first kappa shape index (κ1) is 31.6. The van der Waals surface area contributed by atoms with Crippen LogP contribution >= 0.6 is 0 Å². The second kappa shape index (κ2) is 14.5. The van der Waals surface area contributed by atoms with Crippen LogP contribution < -0.4 is 20.5 Å². The third-order valence-electron chi connectivity index (χ3n) is 6.40. The average Bonchev–Trinajstić information content (AvgIpc) is 2.87. The number of anilines is 1. The van der Waals surface area contributed by atoms with Crippen LogP contribution in [0.15, 0.2) is 48.8 Å². The fourth-order valence-corrected chi connectivity index (χ4v) is 4.66. The third-order valence-corrected chi connectivity index (χ3v) is 6.40. The average molecular weight is 537 g/mol. The smallest absolute Gasteiger partial charge is 0.311 e. The highest BCUT2D eigenvalue weighted by Crippen LogP contribution is 2.36. The van der Waals surface area contributed by atoms with E-state index in [4.69, 9.17) is 15.2 Å². The van der Waals surface area contributed by atoms with Crippen molar-refractivity contribution in [3.63, 3.8) is 0 Å². The van der Waals surface area contributed by atoms with Crippen molar-refractivity contribution in [1.29, 1.82) is 0 Å². The normalized spacial score (nSPS) is 13.3.